The molecule has 0 N–H and O–H groups in total. The SMILES string of the molecule is COCCn1c(=NC(=O)CCS(=O)(=O)c2ccc(OC)cc2)sc2ccc([N+](=O)[O-])cc21. The molecule has 10 nitrogen and oxygen atoms in total. The van der Waals surface area contributed by atoms with E-state index in [1.165, 1.54) is 62.0 Å². The van der Waals surface area contributed by atoms with Crippen LogP contribution < -0.4 is 9.54 Å². The fraction of sp³-hybridized carbons (Fsp3) is 0.300. The van der Waals surface area contributed by atoms with Gasteiger partial charge in [-0.05, 0) is 30.3 Å². The Morgan fingerprint density at radius 2 is 1.91 bits per heavy atom. The zero-order valence-corrected chi connectivity index (χ0v) is 19.0. The second-order valence-corrected chi connectivity index (χ2v) is 9.81. The van der Waals surface area contributed by atoms with Gasteiger partial charge in [0, 0.05) is 32.2 Å². The van der Waals surface area contributed by atoms with Crippen molar-refractivity contribution in [3.05, 3.63) is 57.4 Å². The fourth-order valence-electron chi connectivity index (χ4n) is 2.94. The first-order valence-corrected chi connectivity index (χ1v) is 11.9. The van der Waals surface area contributed by atoms with Crippen LogP contribution in [0.15, 0.2) is 52.4 Å². The summed E-state index contributed by atoms with van der Waals surface area (Å²) in [5.41, 5.74) is 0.476. The molecule has 0 radical (unpaired) electrons. The second kappa shape index (κ2) is 10.0. The smallest absolute Gasteiger partial charge is 0.271 e. The van der Waals surface area contributed by atoms with Gasteiger partial charge < -0.3 is 14.0 Å². The molecule has 0 unspecified atom stereocenters. The van der Waals surface area contributed by atoms with E-state index in [1.54, 1.807) is 10.6 Å². The lowest BCUT2D eigenvalue weighted by Crippen LogP contribution is -2.20. The molecule has 1 amide bonds. The van der Waals surface area contributed by atoms with Gasteiger partial charge in [-0.2, -0.15) is 4.99 Å². The maximum Gasteiger partial charge on any atom is 0.271 e. The predicted octanol–water partition coefficient (Wildman–Crippen LogP) is 2.56. The van der Waals surface area contributed by atoms with Crippen molar-refractivity contribution < 1.29 is 27.6 Å². The summed E-state index contributed by atoms with van der Waals surface area (Å²) >= 11 is 1.19. The highest BCUT2D eigenvalue weighted by molar-refractivity contribution is 7.91. The minimum Gasteiger partial charge on any atom is -0.497 e. The second-order valence-electron chi connectivity index (χ2n) is 6.69. The Hall–Kier alpha value is -3.09. The average molecular weight is 480 g/mol. The Balaban J connectivity index is 1.86. The summed E-state index contributed by atoms with van der Waals surface area (Å²) in [5.74, 6) is -0.467. The molecule has 1 heterocycles. The number of rotatable bonds is 9. The van der Waals surface area contributed by atoms with Crippen LogP contribution in [0, 0.1) is 10.1 Å². The molecule has 0 aliphatic rings. The van der Waals surface area contributed by atoms with Crippen LogP contribution >= 0.6 is 11.3 Å². The van der Waals surface area contributed by atoms with E-state index in [4.69, 9.17) is 9.47 Å². The summed E-state index contributed by atoms with van der Waals surface area (Å²) in [7, 11) is -0.673. The molecule has 12 heteroatoms. The number of nitro benzene ring substituents is 1. The van der Waals surface area contributed by atoms with Crippen LogP contribution in [-0.2, 0) is 25.9 Å². The maximum absolute atomic E-state index is 12.5. The van der Waals surface area contributed by atoms with Gasteiger partial charge in [-0.1, -0.05) is 11.3 Å². The topological polar surface area (TPSA) is 130 Å². The molecular formula is C20H21N3O7S2. The minimum atomic E-state index is -3.67. The average Bonchev–Trinajstić information content (AvgIpc) is 3.12. The van der Waals surface area contributed by atoms with Crippen LogP contribution in [0.2, 0.25) is 0 Å². The van der Waals surface area contributed by atoms with E-state index in [-0.39, 0.29) is 17.0 Å². The van der Waals surface area contributed by atoms with E-state index in [0.717, 1.165) is 0 Å². The zero-order valence-electron chi connectivity index (χ0n) is 17.4. The third kappa shape index (κ3) is 5.39. The van der Waals surface area contributed by atoms with Crippen LogP contribution in [0.5, 0.6) is 5.75 Å². The third-order valence-electron chi connectivity index (χ3n) is 4.62. The summed E-state index contributed by atoms with van der Waals surface area (Å²) in [5, 5.41) is 11.1. The minimum absolute atomic E-state index is 0.0788. The molecule has 3 aromatic rings. The number of benzene rings is 2. The van der Waals surface area contributed by atoms with Crippen molar-refractivity contribution in [3.8, 4) is 5.75 Å². The van der Waals surface area contributed by atoms with Crippen LogP contribution in [0.25, 0.3) is 10.2 Å². The number of carbonyl (C=O) groups is 1. The Bertz CT molecular complexity index is 1310. The van der Waals surface area contributed by atoms with Crippen molar-refractivity contribution in [2.75, 3.05) is 26.6 Å². The van der Waals surface area contributed by atoms with Crippen molar-refractivity contribution in [2.24, 2.45) is 4.99 Å². The monoisotopic (exact) mass is 479 g/mol. The van der Waals surface area contributed by atoms with Crippen LogP contribution in [0.1, 0.15) is 6.42 Å². The molecule has 0 atom stereocenters. The number of nitro groups is 1. The number of non-ortho nitro benzene ring substituents is 1. The molecule has 0 bridgehead atoms. The highest BCUT2D eigenvalue weighted by Crippen LogP contribution is 2.23. The molecule has 0 spiro atoms. The Kier molecular flexibility index (Phi) is 7.38. The lowest BCUT2D eigenvalue weighted by molar-refractivity contribution is -0.384. The molecule has 170 valence electrons. The number of fused-ring (bicyclic) bond motifs is 1. The molecule has 0 saturated heterocycles. The Morgan fingerprint density at radius 3 is 2.53 bits per heavy atom. The van der Waals surface area contributed by atoms with Gasteiger partial charge >= 0.3 is 0 Å². The van der Waals surface area contributed by atoms with Gasteiger partial charge in [-0.15, -0.1) is 0 Å². The Morgan fingerprint density at radius 1 is 1.19 bits per heavy atom. The van der Waals surface area contributed by atoms with Gasteiger partial charge in [0.25, 0.3) is 5.69 Å². The lowest BCUT2D eigenvalue weighted by Gasteiger charge is -2.05. The van der Waals surface area contributed by atoms with Crippen LogP contribution in [0.4, 0.5) is 5.69 Å². The van der Waals surface area contributed by atoms with Crippen molar-refractivity contribution in [2.45, 2.75) is 17.9 Å². The number of hydrogen-bond donors (Lipinski definition) is 0. The van der Waals surface area contributed by atoms with Gasteiger partial charge in [-0.3, -0.25) is 14.9 Å². The largest absolute Gasteiger partial charge is 0.497 e. The molecule has 0 fully saturated rings. The molecular weight excluding hydrogens is 458 g/mol. The normalized spacial score (nSPS) is 12.2. The number of ether oxygens (including phenoxy) is 2. The molecule has 0 aliphatic carbocycles. The van der Waals surface area contributed by atoms with Crippen molar-refractivity contribution in [3.63, 3.8) is 0 Å². The standard InChI is InChI=1S/C20H21N3O7S2/c1-29-11-10-22-17-13-14(23(25)26)3-8-18(17)31-20(22)21-19(24)9-12-32(27,28)16-6-4-15(30-2)5-7-16/h3-8,13H,9-12H2,1-2H3. The number of methoxy groups -OCH3 is 2. The molecule has 2 aromatic carbocycles. The first-order chi connectivity index (χ1) is 15.2. The fourth-order valence-corrected chi connectivity index (χ4v) is 5.22. The van der Waals surface area contributed by atoms with E-state index in [0.29, 0.717) is 33.9 Å². The van der Waals surface area contributed by atoms with Crippen LogP contribution in [-0.4, -0.2) is 50.4 Å². The summed E-state index contributed by atoms with van der Waals surface area (Å²) in [6.45, 7) is 0.635. The quantitative estimate of drug-likeness (QED) is 0.340. The number of sulfone groups is 1. The molecule has 0 saturated carbocycles. The number of aromatic nitrogens is 1. The van der Waals surface area contributed by atoms with Crippen molar-refractivity contribution in [1.29, 1.82) is 0 Å². The summed E-state index contributed by atoms with van der Waals surface area (Å²) in [6.07, 6.45) is -0.299. The third-order valence-corrected chi connectivity index (χ3v) is 7.41. The van der Waals surface area contributed by atoms with Gasteiger partial charge in [0.15, 0.2) is 14.6 Å². The first-order valence-electron chi connectivity index (χ1n) is 9.46. The highest BCUT2D eigenvalue weighted by Gasteiger charge is 2.17. The van der Waals surface area contributed by atoms with Gasteiger partial charge in [0.2, 0.25) is 5.91 Å². The zero-order chi connectivity index (χ0) is 23.3. The summed E-state index contributed by atoms with van der Waals surface area (Å²) < 4.78 is 37.5. The summed E-state index contributed by atoms with van der Waals surface area (Å²) in [6, 6.07) is 10.3. The maximum atomic E-state index is 12.5. The van der Waals surface area contributed by atoms with E-state index >= 15 is 0 Å². The summed E-state index contributed by atoms with van der Waals surface area (Å²) in [4.78, 5) is 27.6. The molecule has 32 heavy (non-hydrogen) atoms. The number of thiazole rings is 1. The predicted molar refractivity (Wildman–Crippen MR) is 119 cm³/mol. The van der Waals surface area contributed by atoms with Crippen molar-refractivity contribution >= 4 is 43.0 Å². The number of nitrogens with zero attached hydrogens (tertiary/aromatic N) is 3. The highest BCUT2D eigenvalue weighted by atomic mass is 32.2. The van der Waals surface area contributed by atoms with Gasteiger partial charge in [0.05, 0.1) is 39.5 Å². The van der Waals surface area contributed by atoms with Gasteiger partial charge in [-0.25, -0.2) is 8.42 Å². The molecule has 1 aromatic heterocycles. The van der Waals surface area contributed by atoms with Gasteiger partial charge in [0.1, 0.15) is 5.75 Å². The van der Waals surface area contributed by atoms with E-state index in [1.807, 2.05) is 0 Å². The number of amides is 1. The number of hydrogen-bond acceptors (Lipinski definition) is 8. The van der Waals surface area contributed by atoms with E-state index in [9.17, 15) is 23.3 Å². The van der Waals surface area contributed by atoms with E-state index in [2.05, 4.69) is 4.99 Å². The first kappa shape index (κ1) is 23.6. The van der Waals surface area contributed by atoms with E-state index < -0.39 is 26.4 Å². The Labute approximate surface area is 187 Å². The lowest BCUT2D eigenvalue weighted by atomic mass is 10.3. The van der Waals surface area contributed by atoms with Crippen molar-refractivity contribution in [1.82, 2.24) is 4.57 Å². The number of carbonyl (C=O) groups excluding carboxylic acids is 1. The molecule has 3 rings (SSSR count). The molecule has 0 aliphatic heterocycles. The van der Waals surface area contributed by atoms with Crippen LogP contribution in [0.3, 0.4) is 0 Å².